The lowest BCUT2D eigenvalue weighted by Gasteiger charge is -2.28. The van der Waals surface area contributed by atoms with Crippen molar-refractivity contribution in [1.82, 2.24) is 45.1 Å². The van der Waals surface area contributed by atoms with E-state index in [1.807, 2.05) is 55.1 Å². The Morgan fingerprint density at radius 1 is 1.12 bits per heavy atom. The third kappa shape index (κ3) is 8.38. The van der Waals surface area contributed by atoms with E-state index in [0.717, 1.165) is 11.3 Å². The summed E-state index contributed by atoms with van der Waals surface area (Å²) in [5.74, 6) is 1.43. The number of nitrogens with one attached hydrogen (secondary N) is 2. The quantitative estimate of drug-likeness (QED) is 0.413. The molecule has 3 aromatic rings. The Balaban J connectivity index is 1.66. The number of thioether (sulfide) groups is 1. The number of fused-ring (bicyclic) bond motifs is 1. The molecule has 3 heterocycles. The predicted molar refractivity (Wildman–Crippen MR) is 157 cm³/mol. The summed E-state index contributed by atoms with van der Waals surface area (Å²) >= 11 is 1.63. The number of hydrogen-bond acceptors (Lipinski definition) is 8. The number of rotatable bonds is 8. The lowest BCUT2D eigenvalue weighted by Crippen LogP contribution is -2.49. The molecule has 2 atom stereocenters. The Hall–Kier alpha value is -3.74. The summed E-state index contributed by atoms with van der Waals surface area (Å²) in [6.45, 7) is 5.65. The highest BCUT2D eigenvalue weighted by atomic mass is 32.2. The molecule has 3 amide bonds. The van der Waals surface area contributed by atoms with E-state index in [1.54, 1.807) is 27.7 Å². The van der Waals surface area contributed by atoms with Gasteiger partial charge in [-0.05, 0) is 30.8 Å². The Morgan fingerprint density at radius 3 is 2.63 bits per heavy atom. The van der Waals surface area contributed by atoms with Gasteiger partial charge in [-0.15, -0.1) is 0 Å². The van der Waals surface area contributed by atoms with E-state index < -0.39 is 12.1 Å². The fourth-order valence-electron chi connectivity index (χ4n) is 4.74. The van der Waals surface area contributed by atoms with Crippen LogP contribution in [0.25, 0.3) is 11.4 Å². The second kappa shape index (κ2) is 14.8. The van der Waals surface area contributed by atoms with Crippen molar-refractivity contribution >= 4 is 29.5 Å². The number of nitrogens with zero attached hydrogens (tertiary/aromatic N) is 7. The first-order chi connectivity index (χ1) is 19.9. The first kappa shape index (κ1) is 30.2. The Bertz CT molecular complexity index is 1280. The number of benzene rings is 1. The summed E-state index contributed by atoms with van der Waals surface area (Å²) in [7, 11) is 0. The SMILES string of the molecule is CSCC[C@@H]1NC(=O)CCCN(C(=O)CCn2cncn2)CCn2nc(-c3ccccc3)nc2[C@@H](C(C)C)NC1=O. The minimum Gasteiger partial charge on any atom is -0.344 e. The van der Waals surface area contributed by atoms with E-state index in [-0.39, 0.29) is 36.5 Å². The fourth-order valence-corrected chi connectivity index (χ4v) is 5.21. The van der Waals surface area contributed by atoms with Crippen molar-refractivity contribution in [1.29, 1.82) is 0 Å². The topological polar surface area (TPSA) is 140 Å². The normalized spacial score (nSPS) is 18.9. The summed E-state index contributed by atoms with van der Waals surface area (Å²) in [5.41, 5.74) is 0.866. The van der Waals surface area contributed by atoms with Crippen LogP contribution in [0.4, 0.5) is 0 Å². The van der Waals surface area contributed by atoms with Crippen LogP contribution in [0.5, 0.6) is 0 Å². The number of hydrogen-bond donors (Lipinski definition) is 2. The molecular formula is C28H39N9O3S. The first-order valence-corrected chi connectivity index (χ1v) is 15.4. The lowest BCUT2D eigenvalue weighted by molar-refractivity contribution is -0.132. The van der Waals surface area contributed by atoms with Gasteiger partial charge in [-0.3, -0.25) is 19.1 Å². The van der Waals surface area contributed by atoms with Crippen LogP contribution in [0, 0.1) is 5.92 Å². The molecule has 0 fully saturated rings. The van der Waals surface area contributed by atoms with E-state index in [2.05, 4.69) is 20.7 Å². The standard InChI is InChI=1S/C28H39N9O3S/c1-20(2)25-27-33-26(21-8-5-4-6-9-21)34-37(27)16-15-35(24(39)11-14-36-19-29-18-30-36)13-7-10-23(38)31-22(12-17-41-3)28(40)32-25/h4-6,8-9,18-20,22,25H,7,10-17H2,1-3H3,(H,31,38)(H,32,40)/t22-,25+/m0/s1. The minimum atomic E-state index is -0.662. The van der Waals surface area contributed by atoms with Gasteiger partial charge < -0.3 is 15.5 Å². The molecule has 13 heteroatoms. The maximum Gasteiger partial charge on any atom is 0.243 e. The van der Waals surface area contributed by atoms with Gasteiger partial charge >= 0.3 is 0 Å². The van der Waals surface area contributed by atoms with E-state index >= 15 is 0 Å². The van der Waals surface area contributed by atoms with E-state index in [9.17, 15) is 14.4 Å². The van der Waals surface area contributed by atoms with E-state index in [1.165, 1.54) is 6.33 Å². The van der Waals surface area contributed by atoms with Crippen LogP contribution < -0.4 is 10.6 Å². The van der Waals surface area contributed by atoms with Crippen molar-refractivity contribution in [2.24, 2.45) is 5.92 Å². The molecule has 12 nitrogen and oxygen atoms in total. The molecule has 2 aromatic heterocycles. The second-order valence-corrected chi connectivity index (χ2v) is 11.4. The summed E-state index contributed by atoms with van der Waals surface area (Å²) in [6, 6.07) is 8.59. The van der Waals surface area contributed by atoms with Crippen LogP contribution in [-0.4, -0.2) is 83.3 Å². The predicted octanol–water partition coefficient (Wildman–Crippen LogP) is 2.30. The molecule has 0 radical (unpaired) electrons. The molecule has 1 aliphatic heterocycles. The van der Waals surface area contributed by atoms with Crippen LogP contribution in [0.3, 0.4) is 0 Å². The van der Waals surface area contributed by atoms with Crippen LogP contribution in [0.1, 0.15) is 51.4 Å². The largest absolute Gasteiger partial charge is 0.344 e. The maximum absolute atomic E-state index is 13.5. The molecule has 2 N–H and O–H groups in total. The van der Waals surface area contributed by atoms with E-state index in [0.29, 0.717) is 50.7 Å². The van der Waals surface area contributed by atoms with Gasteiger partial charge in [0.2, 0.25) is 17.7 Å². The average molecular weight is 582 g/mol. The van der Waals surface area contributed by atoms with Crippen molar-refractivity contribution in [3.63, 3.8) is 0 Å². The number of carbonyl (C=O) groups excluding carboxylic acids is 3. The van der Waals surface area contributed by atoms with Gasteiger partial charge in [0.15, 0.2) is 11.6 Å². The Kier molecular flexibility index (Phi) is 10.9. The number of carbonyl (C=O) groups is 3. The highest BCUT2D eigenvalue weighted by molar-refractivity contribution is 7.98. The third-order valence-electron chi connectivity index (χ3n) is 7.02. The molecule has 1 aliphatic rings. The van der Waals surface area contributed by atoms with Gasteiger partial charge in [0, 0.05) is 31.5 Å². The molecule has 0 saturated carbocycles. The molecule has 0 unspecified atom stereocenters. The van der Waals surface area contributed by atoms with Crippen molar-refractivity contribution in [3.05, 3.63) is 48.8 Å². The molecule has 1 aromatic carbocycles. The smallest absolute Gasteiger partial charge is 0.243 e. The summed E-state index contributed by atoms with van der Waals surface area (Å²) in [4.78, 5) is 50.3. The molecule has 41 heavy (non-hydrogen) atoms. The monoisotopic (exact) mass is 581 g/mol. The molecule has 0 aliphatic carbocycles. The van der Waals surface area contributed by atoms with Crippen LogP contribution >= 0.6 is 11.8 Å². The van der Waals surface area contributed by atoms with Gasteiger partial charge in [-0.25, -0.2) is 14.6 Å². The molecule has 0 saturated heterocycles. The molecule has 220 valence electrons. The van der Waals surface area contributed by atoms with Crippen molar-refractivity contribution in [3.8, 4) is 11.4 Å². The Morgan fingerprint density at radius 2 is 1.93 bits per heavy atom. The molecule has 0 bridgehead atoms. The molecular weight excluding hydrogens is 542 g/mol. The number of amides is 3. The van der Waals surface area contributed by atoms with Crippen molar-refractivity contribution < 1.29 is 14.4 Å². The highest BCUT2D eigenvalue weighted by Crippen LogP contribution is 2.25. The zero-order valence-corrected chi connectivity index (χ0v) is 24.7. The van der Waals surface area contributed by atoms with Crippen molar-refractivity contribution in [2.45, 2.75) is 64.7 Å². The van der Waals surface area contributed by atoms with Crippen LogP contribution in [0.15, 0.2) is 43.0 Å². The summed E-state index contributed by atoms with van der Waals surface area (Å²) in [6.07, 6.45) is 6.47. The van der Waals surface area contributed by atoms with Gasteiger partial charge in [0.05, 0.1) is 19.1 Å². The zero-order valence-electron chi connectivity index (χ0n) is 23.9. The number of aromatic nitrogens is 6. The maximum atomic E-state index is 13.5. The summed E-state index contributed by atoms with van der Waals surface area (Å²) < 4.78 is 3.44. The average Bonchev–Trinajstić information content (AvgIpc) is 3.64. The first-order valence-electron chi connectivity index (χ1n) is 14.0. The molecule has 0 spiro atoms. The lowest BCUT2D eigenvalue weighted by atomic mass is 10.0. The van der Waals surface area contributed by atoms with E-state index in [4.69, 9.17) is 10.1 Å². The molecule has 4 rings (SSSR count). The highest BCUT2D eigenvalue weighted by Gasteiger charge is 2.30. The fraction of sp³-hybridized carbons (Fsp3) is 0.536. The van der Waals surface area contributed by atoms with Gasteiger partial charge in [0.25, 0.3) is 0 Å². The number of aryl methyl sites for hydroxylation is 1. The van der Waals surface area contributed by atoms with Gasteiger partial charge in [-0.2, -0.15) is 22.0 Å². The second-order valence-electron chi connectivity index (χ2n) is 10.4. The van der Waals surface area contributed by atoms with Crippen LogP contribution in [0.2, 0.25) is 0 Å². The zero-order chi connectivity index (χ0) is 29.2. The third-order valence-corrected chi connectivity index (χ3v) is 7.67. The van der Waals surface area contributed by atoms with Gasteiger partial charge in [-0.1, -0.05) is 44.2 Å². The minimum absolute atomic E-state index is 0.00394. The Labute approximate surface area is 244 Å². The van der Waals surface area contributed by atoms with Gasteiger partial charge in [0.1, 0.15) is 18.7 Å². The van der Waals surface area contributed by atoms with Crippen LogP contribution in [-0.2, 0) is 27.5 Å². The summed E-state index contributed by atoms with van der Waals surface area (Å²) in [5, 5.41) is 15.0. The van der Waals surface area contributed by atoms with Crippen molar-refractivity contribution in [2.75, 3.05) is 25.1 Å².